The molecule has 4 N–H and O–H groups in total. The number of aromatic nitrogens is 1. The lowest BCUT2D eigenvalue weighted by Crippen LogP contribution is -2.57. The van der Waals surface area contributed by atoms with Gasteiger partial charge in [-0.05, 0) is 75.3 Å². The van der Waals surface area contributed by atoms with E-state index in [1.807, 2.05) is 18.5 Å². The zero-order chi connectivity index (χ0) is 13.8. The lowest BCUT2D eigenvalue weighted by Gasteiger charge is -2.62. The fourth-order valence-electron chi connectivity index (χ4n) is 6.12. The van der Waals surface area contributed by atoms with Crippen molar-refractivity contribution in [2.45, 2.75) is 50.5 Å². The second-order valence-electron chi connectivity index (χ2n) is 7.70. The van der Waals surface area contributed by atoms with Crippen molar-refractivity contribution in [3.63, 3.8) is 0 Å². The van der Waals surface area contributed by atoms with Crippen LogP contribution in [-0.4, -0.2) is 16.6 Å². The molecule has 1 heterocycles. The van der Waals surface area contributed by atoms with Gasteiger partial charge in [-0.15, -0.1) is 0 Å². The Bertz CT molecular complexity index is 446. The zero-order valence-electron chi connectivity index (χ0n) is 12.1. The predicted octanol–water partition coefficient (Wildman–Crippen LogP) is 2.77. The predicted molar refractivity (Wildman–Crippen MR) is 79.0 cm³/mol. The Morgan fingerprint density at radius 2 is 1.80 bits per heavy atom. The van der Waals surface area contributed by atoms with Crippen LogP contribution >= 0.6 is 0 Å². The van der Waals surface area contributed by atoms with Crippen molar-refractivity contribution in [1.29, 1.82) is 0 Å². The van der Waals surface area contributed by atoms with Gasteiger partial charge in [0.2, 0.25) is 0 Å². The van der Waals surface area contributed by atoms with Gasteiger partial charge < -0.3 is 15.8 Å². The smallest absolute Gasteiger partial charge is 0.0979 e. The summed E-state index contributed by atoms with van der Waals surface area (Å²) in [5.74, 6) is 2.55. The average Bonchev–Trinajstić information content (AvgIpc) is 2.91. The standard InChI is InChI=1S/C17H26N2O/c18-3-2-17(20,15-1-4-19-11-15)16-8-12-5-13(9-16)7-14(6-12)10-16/h1,4,11-14,19-20H,2-3,5-10,18H2. The van der Waals surface area contributed by atoms with Crippen LogP contribution in [0.1, 0.15) is 50.5 Å². The number of nitrogens with two attached hydrogens (primary N) is 1. The first-order valence-corrected chi connectivity index (χ1v) is 8.21. The minimum Gasteiger partial charge on any atom is -0.384 e. The molecule has 0 radical (unpaired) electrons. The summed E-state index contributed by atoms with van der Waals surface area (Å²) in [6.45, 7) is 0.559. The summed E-state index contributed by atoms with van der Waals surface area (Å²) in [5.41, 5.74) is 6.29. The van der Waals surface area contributed by atoms with Gasteiger partial charge >= 0.3 is 0 Å². The van der Waals surface area contributed by atoms with E-state index in [4.69, 9.17) is 5.73 Å². The van der Waals surface area contributed by atoms with Crippen LogP contribution in [0, 0.1) is 23.2 Å². The third kappa shape index (κ3) is 1.66. The van der Waals surface area contributed by atoms with Gasteiger partial charge in [0, 0.05) is 23.4 Å². The molecular formula is C17H26N2O. The fraction of sp³-hybridized carbons (Fsp3) is 0.765. The lowest BCUT2D eigenvalue weighted by molar-refractivity contribution is -0.187. The number of aromatic amines is 1. The molecule has 20 heavy (non-hydrogen) atoms. The summed E-state index contributed by atoms with van der Waals surface area (Å²) in [4.78, 5) is 3.13. The van der Waals surface area contributed by atoms with Crippen LogP contribution in [0.3, 0.4) is 0 Å². The van der Waals surface area contributed by atoms with Gasteiger partial charge in [-0.25, -0.2) is 0 Å². The van der Waals surface area contributed by atoms with E-state index in [0.717, 1.165) is 23.3 Å². The molecule has 4 aliphatic carbocycles. The van der Waals surface area contributed by atoms with E-state index in [2.05, 4.69) is 4.98 Å². The summed E-state index contributed by atoms with van der Waals surface area (Å²) in [5, 5.41) is 11.6. The number of hydrogen-bond acceptors (Lipinski definition) is 2. The summed E-state index contributed by atoms with van der Waals surface area (Å²) in [6.07, 6.45) is 12.5. The molecule has 1 unspecified atom stereocenters. The lowest BCUT2D eigenvalue weighted by atomic mass is 9.44. The highest BCUT2D eigenvalue weighted by molar-refractivity contribution is 5.25. The van der Waals surface area contributed by atoms with Crippen molar-refractivity contribution in [2.75, 3.05) is 6.54 Å². The maximum absolute atomic E-state index is 11.6. The summed E-state index contributed by atoms with van der Waals surface area (Å²) >= 11 is 0. The molecule has 0 aliphatic heterocycles. The van der Waals surface area contributed by atoms with Crippen molar-refractivity contribution in [3.8, 4) is 0 Å². The molecule has 4 aliphatic rings. The van der Waals surface area contributed by atoms with E-state index in [1.165, 1.54) is 38.5 Å². The topological polar surface area (TPSA) is 62.0 Å². The average molecular weight is 274 g/mol. The molecule has 3 nitrogen and oxygen atoms in total. The molecule has 0 spiro atoms. The van der Waals surface area contributed by atoms with Gasteiger partial charge in [-0.2, -0.15) is 0 Å². The highest BCUT2D eigenvalue weighted by Gasteiger charge is 2.60. The molecular weight excluding hydrogens is 248 g/mol. The molecule has 1 aromatic rings. The van der Waals surface area contributed by atoms with E-state index in [0.29, 0.717) is 13.0 Å². The molecule has 1 aromatic heterocycles. The van der Waals surface area contributed by atoms with Crippen molar-refractivity contribution < 1.29 is 5.11 Å². The van der Waals surface area contributed by atoms with E-state index in [-0.39, 0.29) is 5.41 Å². The van der Waals surface area contributed by atoms with E-state index in [9.17, 15) is 5.11 Å². The van der Waals surface area contributed by atoms with Gasteiger partial charge in [-0.3, -0.25) is 0 Å². The van der Waals surface area contributed by atoms with Crippen LogP contribution in [0.4, 0.5) is 0 Å². The molecule has 1 atom stereocenters. The Morgan fingerprint density at radius 1 is 1.20 bits per heavy atom. The van der Waals surface area contributed by atoms with E-state index in [1.54, 1.807) is 0 Å². The highest BCUT2D eigenvalue weighted by Crippen LogP contribution is 2.66. The Labute approximate surface area is 121 Å². The molecule has 110 valence electrons. The maximum atomic E-state index is 11.6. The van der Waals surface area contributed by atoms with Crippen molar-refractivity contribution in [1.82, 2.24) is 4.98 Å². The minimum absolute atomic E-state index is 0.0866. The largest absolute Gasteiger partial charge is 0.384 e. The molecule has 0 aromatic carbocycles. The monoisotopic (exact) mass is 274 g/mol. The number of nitrogens with one attached hydrogen (secondary N) is 1. The Morgan fingerprint density at radius 3 is 2.25 bits per heavy atom. The van der Waals surface area contributed by atoms with Crippen LogP contribution < -0.4 is 5.73 Å². The molecule has 0 saturated heterocycles. The second kappa shape index (κ2) is 4.35. The van der Waals surface area contributed by atoms with Crippen molar-refractivity contribution in [2.24, 2.45) is 28.9 Å². The molecule has 4 saturated carbocycles. The van der Waals surface area contributed by atoms with Crippen LogP contribution in [0.15, 0.2) is 18.5 Å². The fourth-order valence-corrected chi connectivity index (χ4v) is 6.12. The first-order valence-electron chi connectivity index (χ1n) is 8.21. The normalized spacial score (nSPS) is 41.8. The molecule has 4 bridgehead atoms. The number of aliphatic hydroxyl groups is 1. The summed E-state index contributed by atoms with van der Waals surface area (Å²) in [6, 6.07) is 2.05. The second-order valence-corrected chi connectivity index (χ2v) is 7.70. The van der Waals surface area contributed by atoms with E-state index < -0.39 is 5.60 Å². The maximum Gasteiger partial charge on any atom is 0.0979 e. The minimum atomic E-state index is -0.724. The van der Waals surface area contributed by atoms with Crippen LogP contribution in [0.5, 0.6) is 0 Å². The van der Waals surface area contributed by atoms with Crippen LogP contribution in [-0.2, 0) is 5.60 Å². The van der Waals surface area contributed by atoms with Gasteiger partial charge in [-0.1, -0.05) is 0 Å². The highest BCUT2D eigenvalue weighted by atomic mass is 16.3. The van der Waals surface area contributed by atoms with Gasteiger partial charge in [0.05, 0.1) is 5.60 Å². The first-order chi connectivity index (χ1) is 9.65. The van der Waals surface area contributed by atoms with Gasteiger partial charge in [0.1, 0.15) is 0 Å². The SMILES string of the molecule is NCCC(O)(c1cc[nH]c1)C12CC3CC(CC(C3)C1)C2. The van der Waals surface area contributed by atoms with Crippen molar-refractivity contribution in [3.05, 3.63) is 24.0 Å². The Hall–Kier alpha value is -0.800. The van der Waals surface area contributed by atoms with Crippen molar-refractivity contribution >= 4 is 0 Å². The van der Waals surface area contributed by atoms with Gasteiger partial charge in [0.15, 0.2) is 0 Å². The Balaban J connectivity index is 1.76. The Kier molecular flexibility index (Phi) is 2.80. The van der Waals surface area contributed by atoms with Crippen LogP contribution in [0.2, 0.25) is 0 Å². The van der Waals surface area contributed by atoms with Gasteiger partial charge in [0.25, 0.3) is 0 Å². The summed E-state index contributed by atoms with van der Waals surface area (Å²) in [7, 11) is 0. The van der Waals surface area contributed by atoms with E-state index >= 15 is 0 Å². The molecule has 0 amide bonds. The third-order valence-corrected chi connectivity index (χ3v) is 6.50. The quantitative estimate of drug-likeness (QED) is 0.790. The number of rotatable bonds is 4. The number of hydrogen-bond donors (Lipinski definition) is 3. The zero-order valence-corrected chi connectivity index (χ0v) is 12.1. The number of H-pyrrole nitrogens is 1. The first kappa shape index (κ1) is 12.9. The van der Waals surface area contributed by atoms with Crippen LogP contribution in [0.25, 0.3) is 0 Å². The molecule has 4 fully saturated rings. The molecule has 3 heteroatoms. The third-order valence-electron chi connectivity index (χ3n) is 6.50. The molecule has 5 rings (SSSR count). The summed E-state index contributed by atoms with van der Waals surface area (Å²) < 4.78 is 0.